The van der Waals surface area contributed by atoms with E-state index in [9.17, 15) is 9.59 Å². The Kier molecular flexibility index (Phi) is 6.72. The van der Waals surface area contributed by atoms with Gasteiger partial charge in [0.05, 0.1) is 13.2 Å². The van der Waals surface area contributed by atoms with E-state index in [1.54, 1.807) is 6.92 Å². The SMILES string of the molecule is COC(=O)[C@@H](NC(=O)CCC(C)O)C(C)C. The predicted molar refractivity (Wildman–Crippen MR) is 59.7 cm³/mol. The second-order valence-electron chi connectivity index (χ2n) is 4.20. The molecule has 0 saturated heterocycles. The van der Waals surface area contributed by atoms with Crippen molar-refractivity contribution >= 4 is 11.9 Å². The van der Waals surface area contributed by atoms with Crippen LogP contribution in [0.5, 0.6) is 0 Å². The highest BCUT2D eigenvalue weighted by Gasteiger charge is 2.24. The van der Waals surface area contributed by atoms with Crippen molar-refractivity contribution in [3.8, 4) is 0 Å². The normalized spacial score (nSPS) is 14.4. The van der Waals surface area contributed by atoms with Crippen LogP contribution in [-0.4, -0.2) is 36.2 Å². The lowest BCUT2D eigenvalue weighted by molar-refractivity contribution is -0.146. The third kappa shape index (κ3) is 5.70. The van der Waals surface area contributed by atoms with E-state index in [1.165, 1.54) is 7.11 Å². The van der Waals surface area contributed by atoms with E-state index in [0.29, 0.717) is 6.42 Å². The summed E-state index contributed by atoms with van der Waals surface area (Å²) in [7, 11) is 1.29. The average Bonchev–Trinajstić information content (AvgIpc) is 2.21. The smallest absolute Gasteiger partial charge is 0.328 e. The van der Waals surface area contributed by atoms with E-state index in [1.807, 2.05) is 13.8 Å². The zero-order valence-corrected chi connectivity index (χ0v) is 10.3. The fourth-order valence-corrected chi connectivity index (χ4v) is 1.21. The molecule has 0 aliphatic rings. The molecule has 1 amide bonds. The van der Waals surface area contributed by atoms with Crippen molar-refractivity contribution in [3.05, 3.63) is 0 Å². The molecule has 0 aliphatic heterocycles. The summed E-state index contributed by atoms with van der Waals surface area (Å²) in [6, 6.07) is -0.619. The predicted octanol–water partition coefficient (Wildman–Crippen LogP) is 0.461. The summed E-state index contributed by atoms with van der Waals surface area (Å²) in [5, 5.41) is 11.6. The Morgan fingerprint density at radius 3 is 2.25 bits per heavy atom. The van der Waals surface area contributed by atoms with Gasteiger partial charge in [0.15, 0.2) is 0 Å². The quantitative estimate of drug-likeness (QED) is 0.651. The van der Waals surface area contributed by atoms with Gasteiger partial charge in [-0.2, -0.15) is 0 Å². The van der Waals surface area contributed by atoms with E-state index < -0.39 is 18.1 Å². The topological polar surface area (TPSA) is 75.6 Å². The van der Waals surface area contributed by atoms with Crippen LogP contribution >= 0.6 is 0 Å². The van der Waals surface area contributed by atoms with Crippen molar-refractivity contribution in [1.29, 1.82) is 0 Å². The van der Waals surface area contributed by atoms with Crippen LogP contribution in [0, 0.1) is 5.92 Å². The molecule has 2 atom stereocenters. The van der Waals surface area contributed by atoms with Crippen LogP contribution in [0.25, 0.3) is 0 Å². The van der Waals surface area contributed by atoms with Gasteiger partial charge in [-0.15, -0.1) is 0 Å². The van der Waals surface area contributed by atoms with E-state index >= 15 is 0 Å². The summed E-state index contributed by atoms with van der Waals surface area (Å²) in [5.74, 6) is -0.714. The minimum absolute atomic E-state index is 0.0250. The van der Waals surface area contributed by atoms with Gasteiger partial charge in [-0.25, -0.2) is 4.79 Å². The Bertz CT molecular complexity index is 238. The Labute approximate surface area is 96.2 Å². The summed E-state index contributed by atoms with van der Waals surface area (Å²) in [6.07, 6.45) is 0.0803. The van der Waals surface area contributed by atoms with Crippen molar-refractivity contribution in [3.63, 3.8) is 0 Å². The zero-order chi connectivity index (χ0) is 12.7. The first-order valence-corrected chi connectivity index (χ1v) is 5.43. The fourth-order valence-electron chi connectivity index (χ4n) is 1.21. The number of ether oxygens (including phenoxy) is 1. The maximum atomic E-state index is 11.5. The minimum Gasteiger partial charge on any atom is -0.467 e. The number of carbonyl (C=O) groups excluding carboxylic acids is 2. The van der Waals surface area contributed by atoms with E-state index in [2.05, 4.69) is 10.1 Å². The summed E-state index contributed by atoms with van der Waals surface area (Å²) in [5.41, 5.74) is 0. The maximum Gasteiger partial charge on any atom is 0.328 e. The minimum atomic E-state index is -0.619. The standard InChI is InChI=1S/C11H21NO4/c1-7(2)10(11(15)16-4)12-9(14)6-5-8(3)13/h7-8,10,13H,5-6H2,1-4H3,(H,12,14)/t8?,10-/m0/s1. The molecule has 0 aromatic heterocycles. The molecule has 0 rings (SSSR count). The molecule has 0 aromatic carbocycles. The maximum absolute atomic E-state index is 11.5. The number of hydrogen-bond donors (Lipinski definition) is 2. The lowest BCUT2D eigenvalue weighted by Gasteiger charge is -2.19. The van der Waals surface area contributed by atoms with Crippen LogP contribution in [0.15, 0.2) is 0 Å². The molecule has 5 heteroatoms. The number of esters is 1. The van der Waals surface area contributed by atoms with Gasteiger partial charge in [0.25, 0.3) is 0 Å². The zero-order valence-electron chi connectivity index (χ0n) is 10.3. The van der Waals surface area contributed by atoms with Crippen LogP contribution in [0.4, 0.5) is 0 Å². The van der Waals surface area contributed by atoms with Crippen LogP contribution in [0.1, 0.15) is 33.6 Å². The lowest BCUT2D eigenvalue weighted by atomic mass is 10.0. The number of hydrogen-bond acceptors (Lipinski definition) is 4. The molecule has 0 heterocycles. The molecule has 5 nitrogen and oxygen atoms in total. The molecule has 1 unspecified atom stereocenters. The van der Waals surface area contributed by atoms with E-state index in [-0.39, 0.29) is 18.2 Å². The number of amides is 1. The lowest BCUT2D eigenvalue weighted by Crippen LogP contribution is -2.45. The summed E-state index contributed by atoms with van der Waals surface area (Å²) < 4.78 is 4.60. The largest absolute Gasteiger partial charge is 0.467 e. The second kappa shape index (κ2) is 7.22. The van der Waals surface area contributed by atoms with Crippen LogP contribution in [-0.2, 0) is 14.3 Å². The fraction of sp³-hybridized carbons (Fsp3) is 0.818. The van der Waals surface area contributed by atoms with Gasteiger partial charge in [0, 0.05) is 6.42 Å². The second-order valence-corrected chi connectivity index (χ2v) is 4.20. The first kappa shape index (κ1) is 14.9. The van der Waals surface area contributed by atoms with Gasteiger partial charge in [-0.3, -0.25) is 4.79 Å². The number of rotatable bonds is 6. The van der Waals surface area contributed by atoms with Gasteiger partial charge in [-0.1, -0.05) is 13.8 Å². The summed E-state index contributed by atoms with van der Waals surface area (Å²) >= 11 is 0. The monoisotopic (exact) mass is 231 g/mol. The number of aliphatic hydroxyl groups excluding tert-OH is 1. The van der Waals surface area contributed by atoms with Crippen LogP contribution in [0.3, 0.4) is 0 Å². The third-order valence-corrected chi connectivity index (χ3v) is 2.23. The molecular formula is C11H21NO4. The molecule has 94 valence electrons. The molecule has 0 bridgehead atoms. The molecule has 0 spiro atoms. The molecule has 0 radical (unpaired) electrons. The van der Waals surface area contributed by atoms with Crippen molar-refractivity contribution in [2.45, 2.75) is 45.8 Å². The van der Waals surface area contributed by atoms with Crippen LogP contribution < -0.4 is 5.32 Å². The Morgan fingerprint density at radius 2 is 1.88 bits per heavy atom. The molecule has 16 heavy (non-hydrogen) atoms. The van der Waals surface area contributed by atoms with E-state index in [4.69, 9.17) is 5.11 Å². The highest BCUT2D eigenvalue weighted by atomic mass is 16.5. The van der Waals surface area contributed by atoms with E-state index in [0.717, 1.165) is 0 Å². The number of methoxy groups -OCH3 is 1. The molecule has 0 aromatic rings. The Balaban J connectivity index is 4.19. The van der Waals surface area contributed by atoms with Gasteiger partial charge >= 0.3 is 5.97 Å². The highest BCUT2D eigenvalue weighted by Crippen LogP contribution is 2.05. The van der Waals surface area contributed by atoms with Crippen molar-refractivity contribution < 1.29 is 19.4 Å². The number of aliphatic hydroxyl groups is 1. The molecule has 2 N–H and O–H groups in total. The average molecular weight is 231 g/mol. The van der Waals surface area contributed by atoms with Gasteiger partial charge < -0.3 is 15.2 Å². The highest BCUT2D eigenvalue weighted by molar-refractivity contribution is 5.84. The Hall–Kier alpha value is -1.10. The van der Waals surface area contributed by atoms with Gasteiger partial charge in [-0.05, 0) is 19.3 Å². The summed E-state index contributed by atoms with van der Waals surface area (Å²) in [6.45, 7) is 5.28. The van der Waals surface area contributed by atoms with Gasteiger partial charge in [0.1, 0.15) is 6.04 Å². The first-order chi connectivity index (χ1) is 7.38. The Morgan fingerprint density at radius 1 is 1.31 bits per heavy atom. The first-order valence-electron chi connectivity index (χ1n) is 5.43. The van der Waals surface area contributed by atoms with Crippen LogP contribution in [0.2, 0.25) is 0 Å². The molecule has 0 saturated carbocycles. The van der Waals surface area contributed by atoms with Gasteiger partial charge in [0.2, 0.25) is 5.91 Å². The molecular weight excluding hydrogens is 210 g/mol. The molecule has 0 aliphatic carbocycles. The van der Waals surface area contributed by atoms with Crippen molar-refractivity contribution in [2.75, 3.05) is 7.11 Å². The summed E-state index contributed by atoms with van der Waals surface area (Å²) in [4.78, 5) is 22.8. The number of nitrogens with one attached hydrogen (secondary N) is 1. The van der Waals surface area contributed by atoms with Crippen molar-refractivity contribution in [2.24, 2.45) is 5.92 Å². The third-order valence-electron chi connectivity index (χ3n) is 2.23. The van der Waals surface area contributed by atoms with Crippen molar-refractivity contribution in [1.82, 2.24) is 5.32 Å². The molecule has 0 fully saturated rings. The number of carbonyl (C=O) groups is 2.